The van der Waals surface area contributed by atoms with Crippen molar-refractivity contribution in [2.24, 2.45) is 5.73 Å². The zero-order chi connectivity index (χ0) is 12.4. The van der Waals surface area contributed by atoms with E-state index in [4.69, 9.17) is 10.5 Å². The second-order valence-corrected chi connectivity index (χ2v) is 5.09. The van der Waals surface area contributed by atoms with Crippen LogP contribution in [0.5, 0.6) is 0 Å². The highest BCUT2D eigenvalue weighted by Crippen LogP contribution is 2.30. The molecule has 1 fully saturated rings. The summed E-state index contributed by atoms with van der Waals surface area (Å²) >= 11 is 3.03. The number of rotatable bonds is 3. The molecule has 0 spiro atoms. The van der Waals surface area contributed by atoms with Gasteiger partial charge in [0, 0.05) is 18.2 Å². The van der Waals surface area contributed by atoms with Gasteiger partial charge in [-0.3, -0.25) is 0 Å². The van der Waals surface area contributed by atoms with Crippen molar-refractivity contribution in [1.29, 1.82) is 0 Å². The molecule has 0 bridgehead atoms. The molecule has 2 unspecified atom stereocenters. The molecule has 2 atom stereocenters. The minimum atomic E-state index is -0.671. The molecule has 0 aliphatic carbocycles. The molecular weight excluding hydrogens is 292 g/mol. The highest BCUT2D eigenvalue weighted by atomic mass is 79.9. The van der Waals surface area contributed by atoms with Crippen molar-refractivity contribution in [3.8, 4) is 0 Å². The normalized spacial score (nSPS) is 21.8. The zero-order valence-electron chi connectivity index (χ0n) is 9.26. The van der Waals surface area contributed by atoms with Gasteiger partial charge in [-0.25, -0.2) is 8.78 Å². The van der Waals surface area contributed by atoms with E-state index in [1.807, 2.05) is 0 Å². The maximum absolute atomic E-state index is 13.8. The van der Waals surface area contributed by atoms with E-state index in [9.17, 15) is 8.78 Å². The first kappa shape index (κ1) is 12.9. The summed E-state index contributed by atoms with van der Waals surface area (Å²) in [7, 11) is 0. The smallest absolute Gasteiger partial charge is 0.145 e. The van der Waals surface area contributed by atoms with Crippen LogP contribution < -0.4 is 5.73 Å². The minimum Gasteiger partial charge on any atom is -0.378 e. The van der Waals surface area contributed by atoms with E-state index >= 15 is 0 Å². The molecule has 5 heteroatoms. The fraction of sp³-hybridized carbons (Fsp3) is 0.500. The van der Waals surface area contributed by atoms with Gasteiger partial charge in [0.05, 0.1) is 10.6 Å². The number of halogens is 3. The Balaban J connectivity index is 2.17. The summed E-state index contributed by atoms with van der Waals surface area (Å²) < 4.78 is 33.0. The van der Waals surface area contributed by atoms with Crippen LogP contribution in [-0.2, 0) is 4.74 Å². The summed E-state index contributed by atoms with van der Waals surface area (Å²) in [5.74, 6) is -1.22. The summed E-state index contributed by atoms with van der Waals surface area (Å²) in [6.07, 6.45) is 2.36. The van der Waals surface area contributed by atoms with Crippen molar-refractivity contribution >= 4 is 15.9 Å². The van der Waals surface area contributed by atoms with E-state index in [0.29, 0.717) is 13.0 Å². The minimum absolute atomic E-state index is 0.0165. The van der Waals surface area contributed by atoms with Crippen molar-refractivity contribution < 1.29 is 13.5 Å². The Morgan fingerprint density at radius 3 is 2.88 bits per heavy atom. The van der Waals surface area contributed by atoms with Gasteiger partial charge in [0.1, 0.15) is 11.6 Å². The van der Waals surface area contributed by atoms with Crippen molar-refractivity contribution in [2.75, 3.05) is 6.61 Å². The maximum Gasteiger partial charge on any atom is 0.145 e. The lowest BCUT2D eigenvalue weighted by molar-refractivity contribution is 0.0977. The molecule has 1 aromatic rings. The molecule has 0 aromatic heterocycles. The lowest BCUT2D eigenvalue weighted by Crippen LogP contribution is -2.20. The van der Waals surface area contributed by atoms with Gasteiger partial charge in [-0.2, -0.15) is 0 Å². The van der Waals surface area contributed by atoms with Gasteiger partial charge in [0.2, 0.25) is 0 Å². The van der Waals surface area contributed by atoms with Crippen LogP contribution in [-0.4, -0.2) is 12.7 Å². The Labute approximate surface area is 107 Å². The van der Waals surface area contributed by atoms with Gasteiger partial charge in [0.25, 0.3) is 0 Å². The predicted molar refractivity (Wildman–Crippen MR) is 64.6 cm³/mol. The first-order chi connectivity index (χ1) is 8.09. The van der Waals surface area contributed by atoms with E-state index in [1.165, 1.54) is 12.1 Å². The highest BCUT2D eigenvalue weighted by Gasteiger charge is 2.24. The van der Waals surface area contributed by atoms with Gasteiger partial charge in [-0.1, -0.05) is 0 Å². The molecule has 1 saturated heterocycles. The fourth-order valence-electron chi connectivity index (χ4n) is 2.11. The first-order valence-corrected chi connectivity index (χ1v) is 6.39. The average molecular weight is 306 g/mol. The Morgan fingerprint density at radius 2 is 2.24 bits per heavy atom. The molecule has 1 heterocycles. The molecule has 94 valence electrons. The van der Waals surface area contributed by atoms with Gasteiger partial charge in [0.15, 0.2) is 0 Å². The van der Waals surface area contributed by atoms with Gasteiger partial charge < -0.3 is 10.5 Å². The monoisotopic (exact) mass is 305 g/mol. The molecule has 2 rings (SSSR count). The summed E-state index contributed by atoms with van der Waals surface area (Å²) in [5, 5.41) is 0. The van der Waals surface area contributed by atoms with Crippen LogP contribution >= 0.6 is 15.9 Å². The number of hydrogen-bond donors (Lipinski definition) is 1. The van der Waals surface area contributed by atoms with Crippen molar-refractivity contribution in [3.63, 3.8) is 0 Å². The van der Waals surface area contributed by atoms with Crippen LogP contribution in [0.15, 0.2) is 16.6 Å². The van der Waals surface area contributed by atoms with Gasteiger partial charge >= 0.3 is 0 Å². The van der Waals surface area contributed by atoms with Crippen LogP contribution in [0, 0.1) is 11.6 Å². The third-order valence-electron chi connectivity index (χ3n) is 2.99. The third-order valence-corrected chi connectivity index (χ3v) is 3.60. The Bertz CT molecular complexity index is 408. The van der Waals surface area contributed by atoms with Crippen LogP contribution in [0.2, 0.25) is 0 Å². The van der Waals surface area contributed by atoms with E-state index in [-0.39, 0.29) is 16.1 Å². The second-order valence-electron chi connectivity index (χ2n) is 4.23. The van der Waals surface area contributed by atoms with E-state index in [0.717, 1.165) is 12.8 Å². The van der Waals surface area contributed by atoms with Crippen LogP contribution in [0.4, 0.5) is 8.78 Å². The predicted octanol–water partition coefficient (Wildman–Crippen LogP) is 3.30. The third kappa shape index (κ3) is 2.84. The van der Waals surface area contributed by atoms with Crippen LogP contribution in [0.25, 0.3) is 0 Å². The van der Waals surface area contributed by atoms with Crippen molar-refractivity contribution in [2.45, 2.75) is 31.4 Å². The number of benzene rings is 1. The molecule has 1 aromatic carbocycles. The van der Waals surface area contributed by atoms with Gasteiger partial charge in [-0.15, -0.1) is 0 Å². The Morgan fingerprint density at radius 1 is 1.47 bits per heavy atom. The second kappa shape index (κ2) is 5.42. The summed E-state index contributed by atoms with van der Waals surface area (Å²) in [6.45, 7) is 0.709. The molecule has 0 radical (unpaired) electrons. The standard InChI is InChI=1S/C12H14BrF2NO/c13-8-3-4-9(14)11(12(8)15)10(16)6-7-2-1-5-17-7/h3-4,7,10H,1-2,5-6,16H2. The van der Waals surface area contributed by atoms with Crippen molar-refractivity contribution in [1.82, 2.24) is 0 Å². The molecule has 2 nitrogen and oxygen atoms in total. The molecular formula is C12H14BrF2NO. The maximum atomic E-state index is 13.8. The molecule has 0 saturated carbocycles. The number of ether oxygens (including phenoxy) is 1. The lowest BCUT2D eigenvalue weighted by atomic mass is 9.99. The first-order valence-electron chi connectivity index (χ1n) is 5.60. The molecule has 2 N–H and O–H groups in total. The zero-order valence-corrected chi connectivity index (χ0v) is 10.8. The number of hydrogen-bond acceptors (Lipinski definition) is 2. The van der Waals surface area contributed by atoms with Gasteiger partial charge in [-0.05, 0) is 47.3 Å². The topological polar surface area (TPSA) is 35.2 Å². The van der Waals surface area contributed by atoms with E-state index in [2.05, 4.69) is 15.9 Å². The lowest BCUT2D eigenvalue weighted by Gasteiger charge is -2.18. The molecule has 0 amide bonds. The quantitative estimate of drug-likeness (QED) is 0.870. The van der Waals surface area contributed by atoms with Crippen molar-refractivity contribution in [3.05, 3.63) is 33.8 Å². The molecule has 1 aliphatic heterocycles. The molecule has 1 aliphatic rings. The fourth-order valence-corrected chi connectivity index (χ4v) is 2.46. The van der Waals surface area contributed by atoms with Crippen LogP contribution in [0.3, 0.4) is 0 Å². The summed E-state index contributed by atoms with van der Waals surface area (Å²) in [4.78, 5) is 0. The largest absolute Gasteiger partial charge is 0.378 e. The summed E-state index contributed by atoms with van der Waals surface area (Å²) in [6, 6.07) is 1.89. The summed E-state index contributed by atoms with van der Waals surface area (Å²) in [5.41, 5.74) is 5.80. The van der Waals surface area contributed by atoms with E-state index in [1.54, 1.807) is 0 Å². The number of nitrogens with two attached hydrogens (primary N) is 1. The Hall–Kier alpha value is -0.520. The SMILES string of the molecule is NC(CC1CCCO1)c1c(F)ccc(Br)c1F. The van der Waals surface area contributed by atoms with Crippen LogP contribution in [0.1, 0.15) is 30.9 Å². The Kier molecular flexibility index (Phi) is 4.12. The highest BCUT2D eigenvalue weighted by molar-refractivity contribution is 9.10. The van der Waals surface area contributed by atoms with E-state index < -0.39 is 17.7 Å². The average Bonchev–Trinajstić information content (AvgIpc) is 2.77. The molecule has 17 heavy (non-hydrogen) atoms.